The molecule has 0 radical (unpaired) electrons. The average molecular weight is 285 g/mol. The van der Waals surface area contributed by atoms with Crippen LogP contribution in [0.2, 0.25) is 0 Å². The van der Waals surface area contributed by atoms with Crippen molar-refractivity contribution < 1.29 is 14.3 Å². The van der Waals surface area contributed by atoms with E-state index in [-0.39, 0.29) is 23.6 Å². The molecule has 1 amide bonds. The minimum absolute atomic E-state index is 0.144. The van der Waals surface area contributed by atoms with Crippen LogP contribution in [-0.4, -0.2) is 27.6 Å². The number of nitrogens with one attached hydrogen (secondary N) is 1. The molecule has 5 nitrogen and oxygen atoms in total. The van der Waals surface area contributed by atoms with Crippen LogP contribution in [-0.2, 0) is 0 Å². The van der Waals surface area contributed by atoms with Crippen molar-refractivity contribution in [2.75, 3.05) is 11.9 Å². The van der Waals surface area contributed by atoms with Crippen molar-refractivity contribution in [3.63, 3.8) is 0 Å². The number of aryl methyl sites for hydroxylation is 1. The number of hydrogen-bond acceptors (Lipinski definition) is 4. The van der Waals surface area contributed by atoms with E-state index in [4.69, 9.17) is 5.11 Å². The number of nitrogens with zero attached hydrogens (tertiary/aromatic N) is 2. The highest BCUT2D eigenvalue weighted by molar-refractivity contribution is 6.02. The molecule has 2 aromatic rings. The number of anilines is 1. The van der Waals surface area contributed by atoms with E-state index in [9.17, 15) is 9.18 Å². The van der Waals surface area contributed by atoms with Gasteiger partial charge in [0.25, 0.3) is 5.91 Å². The van der Waals surface area contributed by atoms with Crippen molar-refractivity contribution >= 4 is 11.6 Å². The van der Waals surface area contributed by atoms with Crippen LogP contribution < -0.4 is 5.32 Å². The van der Waals surface area contributed by atoms with Crippen molar-refractivity contribution in [2.45, 2.75) is 6.92 Å². The first-order valence-electron chi connectivity index (χ1n) is 6.09. The van der Waals surface area contributed by atoms with Crippen LogP contribution in [0.5, 0.6) is 0 Å². The zero-order valence-corrected chi connectivity index (χ0v) is 11.2. The normalized spacial score (nSPS) is 9.67. The Morgan fingerprint density at radius 2 is 2.19 bits per heavy atom. The fourth-order valence-corrected chi connectivity index (χ4v) is 1.53. The Kier molecular flexibility index (Phi) is 4.59. The van der Waals surface area contributed by atoms with E-state index >= 15 is 0 Å². The SMILES string of the molecule is Cc1cnc(C(=O)Nc2ccc(C#CCO)c(F)c2)cn1. The van der Waals surface area contributed by atoms with E-state index in [1.807, 2.05) is 0 Å². The van der Waals surface area contributed by atoms with Crippen molar-refractivity contribution in [2.24, 2.45) is 0 Å². The van der Waals surface area contributed by atoms with Crippen LogP contribution in [0.4, 0.5) is 10.1 Å². The molecule has 1 aromatic heterocycles. The molecule has 0 fully saturated rings. The molecule has 2 N–H and O–H groups in total. The zero-order valence-electron chi connectivity index (χ0n) is 11.2. The number of aromatic nitrogens is 2. The Hall–Kier alpha value is -2.78. The fourth-order valence-electron chi connectivity index (χ4n) is 1.53. The number of carbonyl (C=O) groups excluding carboxylic acids is 1. The molecule has 106 valence electrons. The molecule has 0 saturated heterocycles. The van der Waals surface area contributed by atoms with Gasteiger partial charge in [0.2, 0.25) is 0 Å². The van der Waals surface area contributed by atoms with Crippen LogP contribution in [0.15, 0.2) is 30.6 Å². The monoisotopic (exact) mass is 285 g/mol. The van der Waals surface area contributed by atoms with Gasteiger partial charge in [-0.15, -0.1) is 0 Å². The Balaban J connectivity index is 2.14. The molecule has 0 aliphatic heterocycles. The number of amides is 1. The van der Waals surface area contributed by atoms with E-state index in [0.29, 0.717) is 5.69 Å². The summed E-state index contributed by atoms with van der Waals surface area (Å²) in [6.45, 7) is 1.42. The van der Waals surface area contributed by atoms with Crippen LogP contribution in [0, 0.1) is 24.6 Å². The smallest absolute Gasteiger partial charge is 0.275 e. The van der Waals surface area contributed by atoms with E-state index < -0.39 is 11.7 Å². The van der Waals surface area contributed by atoms with Gasteiger partial charge in [-0.3, -0.25) is 9.78 Å². The van der Waals surface area contributed by atoms with Gasteiger partial charge in [0.1, 0.15) is 18.1 Å². The van der Waals surface area contributed by atoms with E-state index in [1.54, 1.807) is 6.92 Å². The number of aliphatic hydroxyl groups is 1. The first-order valence-corrected chi connectivity index (χ1v) is 6.09. The predicted octanol–water partition coefficient (Wildman–Crippen LogP) is 1.52. The largest absolute Gasteiger partial charge is 0.384 e. The van der Waals surface area contributed by atoms with Gasteiger partial charge in [-0.2, -0.15) is 0 Å². The molecule has 0 atom stereocenters. The molecule has 21 heavy (non-hydrogen) atoms. The Morgan fingerprint density at radius 1 is 1.38 bits per heavy atom. The summed E-state index contributed by atoms with van der Waals surface area (Å²) in [5.74, 6) is 3.77. The van der Waals surface area contributed by atoms with Gasteiger partial charge in [-0.25, -0.2) is 9.37 Å². The summed E-state index contributed by atoms with van der Waals surface area (Å²) in [5, 5.41) is 11.1. The summed E-state index contributed by atoms with van der Waals surface area (Å²) >= 11 is 0. The second-order valence-electron chi connectivity index (χ2n) is 4.15. The predicted molar refractivity (Wildman–Crippen MR) is 75.1 cm³/mol. The maximum atomic E-state index is 13.7. The second kappa shape index (κ2) is 6.59. The lowest BCUT2D eigenvalue weighted by atomic mass is 10.2. The van der Waals surface area contributed by atoms with E-state index in [0.717, 1.165) is 6.07 Å². The van der Waals surface area contributed by atoms with Crippen LogP contribution >= 0.6 is 0 Å². The standard InChI is InChI=1S/C15H12FN3O2/c1-10-8-18-14(9-17-10)15(21)19-12-5-4-11(3-2-6-20)13(16)7-12/h4-5,7-9,20H,6H2,1H3,(H,19,21). The van der Waals surface area contributed by atoms with Gasteiger partial charge >= 0.3 is 0 Å². The van der Waals surface area contributed by atoms with Gasteiger partial charge < -0.3 is 10.4 Å². The van der Waals surface area contributed by atoms with Crippen molar-refractivity contribution in [1.29, 1.82) is 0 Å². The molecule has 0 bridgehead atoms. The topological polar surface area (TPSA) is 75.1 Å². The molecular formula is C15H12FN3O2. The summed E-state index contributed by atoms with van der Waals surface area (Å²) in [7, 11) is 0. The third-order valence-electron chi connectivity index (χ3n) is 2.54. The molecule has 1 heterocycles. The average Bonchev–Trinajstić information content (AvgIpc) is 2.47. The van der Waals surface area contributed by atoms with Gasteiger partial charge in [0.05, 0.1) is 17.5 Å². The van der Waals surface area contributed by atoms with Crippen LogP contribution in [0.1, 0.15) is 21.7 Å². The number of rotatable bonds is 2. The van der Waals surface area contributed by atoms with Gasteiger partial charge in [0, 0.05) is 11.9 Å². The van der Waals surface area contributed by atoms with E-state index in [2.05, 4.69) is 27.1 Å². The molecular weight excluding hydrogens is 273 g/mol. The molecule has 1 aromatic carbocycles. The molecule has 0 spiro atoms. The zero-order chi connectivity index (χ0) is 15.2. The summed E-state index contributed by atoms with van der Waals surface area (Å²) in [5.41, 5.74) is 1.28. The minimum Gasteiger partial charge on any atom is -0.384 e. The summed E-state index contributed by atoms with van der Waals surface area (Å²) in [6, 6.07) is 4.10. The highest BCUT2D eigenvalue weighted by Crippen LogP contribution is 2.14. The molecule has 2 rings (SSSR count). The Labute approximate surface area is 120 Å². The fraction of sp³-hybridized carbons (Fsp3) is 0.133. The Bertz CT molecular complexity index is 718. The number of halogens is 1. The number of hydrogen-bond donors (Lipinski definition) is 2. The highest BCUT2D eigenvalue weighted by atomic mass is 19.1. The lowest BCUT2D eigenvalue weighted by Crippen LogP contribution is -2.14. The molecule has 6 heteroatoms. The van der Waals surface area contributed by atoms with Crippen molar-refractivity contribution in [1.82, 2.24) is 9.97 Å². The molecule has 0 saturated carbocycles. The van der Waals surface area contributed by atoms with Crippen molar-refractivity contribution in [3.05, 3.63) is 53.4 Å². The summed E-state index contributed by atoms with van der Waals surface area (Å²) < 4.78 is 13.7. The maximum absolute atomic E-state index is 13.7. The number of carbonyl (C=O) groups is 1. The van der Waals surface area contributed by atoms with Gasteiger partial charge in [-0.05, 0) is 25.1 Å². The third-order valence-corrected chi connectivity index (χ3v) is 2.54. The summed E-state index contributed by atoms with van der Waals surface area (Å²) in [4.78, 5) is 19.8. The van der Waals surface area contributed by atoms with Gasteiger partial charge in [-0.1, -0.05) is 11.8 Å². The number of aliphatic hydroxyl groups excluding tert-OH is 1. The number of benzene rings is 1. The molecule has 0 aliphatic carbocycles. The molecule has 0 unspecified atom stereocenters. The lowest BCUT2D eigenvalue weighted by Gasteiger charge is -2.05. The second-order valence-corrected chi connectivity index (χ2v) is 4.15. The van der Waals surface area contributed by atoms with Gasteiger partial charge in [0.15, 0.2) is 0 Å². The van der Waals surface area contributed by atoms with Crippen LogP contribution in [0.3, 0.4) is 0 Å². The summed E-state index contributed by atoms with van der Waals surface area (Å²) in [6.07, 6.45) is 2.82. The highest BCUT2D eigenvalue weighted by Gasteiger charge is 2.09. The Morgan fingerprint density at radius 3 is 2.81 bits per heavy atom. The molecule has 0 aliphatic rings. The quantitative estimate of drug-likeness (QED) is 0.820. The lowest BCUT2D eigenvalue weighted by molar-refractivity contribution is 0.102. The van der Waals surface area contributed by atoms with Crippen molar-refractivity contribution in [3.8, 4) is 11.8 Å². The first-order chi connectivity index (χ1) is 10.1. The third kappa shape index (κ3) is 3.84. The maximum Gasteiger partial charge on any atom is 0.275 e. The van der Waals surface area contributed by atoms with E-state index in [1.165, 1.54) is 24.5 Å². The minimum atomic E-state index is -0.580. The first kappa shape index (κ1) is 14.6. The van der Waals surface area contributed by atoms with Crippen LogP contribution in [0.25, 0.3) is 0 Å².